The molecule has 0 radical (unpaired) electrons. The second kappa shape index (κ2) is 11.2. The summed E-state index contributed by atoms with van der Waals surface area (Å²) in [5.41, 5.74) is 2.80. The van der Waals surface area contributed by atoms with Crippen LogP contribution in [0, 0.1) is 0 Å². The van der Waals surface area contributed by atoms with Crippen molar-refractivity contribution in [2.45, 2.75) is 32.6 Å². The molecule has 32 heavy (non-hydrogen) atoms. The normalized spacial score (nSPS) is 10.7. The maximum atomic E-state index is 13.1. The second-order valence-electron chi connectivity index (χ2n) is 7.60. The van der Waals surface area contributed by atoms with Crippen LogP contribution >= 0.6 is 0 Å². The zero-order valence-corrected chi connectivity index (χ0v) is 18.1. The number of benzene rings is 2. The van der Waals surface area contributed by atoms with Gasteiger partial charge in [-0.1, -0.05) is 30.3 Å². The van der Waals surface area contributed by atoms with Gasteiger partial charge in [0.05, 0.1) is 24.2 Å². The SMILES string of the molecule is CC(=O)CCCC(=O)Nc1ccc(CC(=O)N(CCO)c2cccc3cccnc23)cc1. The van der Waals surface area contributed by atoms with Crippen LogP contribution in [0.4, 0.5) is 11.4 Å². The Balaban J connectivity index is 1.67. The zero-order chi connectivity index (χ0) is 22.9. The van der Waals surface area contributed by atoms with Gasteiger partial charge in [-0.2, -0.15) is 0 Å². The van der Waals surface area contributed by atoms with Gasteiger partial charge >= 0.3 is 0 Å². The van der Waals surface area contributed by atoms with E-state index in [0.29, 0.717) is 29.7 Å². The number of hydrogen-bond acceptors (Lipinski definition) is 5. The minimum atomic E-state index is -0.163. The Morgan fingerprint density at radius 3 is 2.47 bits per heavy atom. The van der Waals surface area contributed by atoms with Crippen LogP contribution in [0.5, 0.6) is 0 Å². The maximum Gasteiger partial charge on any atom is 0.231 e. The number of pyridine rings is 1. The van der Waals surface area contributed by atoms with Crippen LogP contribution in [-0.2, 0) is 20.8 Å². The van der Waals surface area contributed by atoms with Gasteiger partial charge in [0.1, 0.15) is 5.78 Å². The first-order valence-electron chi connectivity index (χ1n) is 10.6. The van der Waals surface area contributed by atoms with Crippen LogP contribution in [-0.4, -0.2) is 40.8 Å². The highest BCUT2D eigenvalue weighted by Crippen LogP contribution is 2.25. The fourth-order valence-corrected chi connectivity index (χ4v) is 3.48. The monoisotopic (exact) mass is 433 g/mol. The number of anilines is 2. The van der Waals surface area contributed by atoms with E-state index in [1.807, 2.05) is 30.3 Å². The Morgan fingerprint density at radius 2 is 1.75 bits per heavy atom. The van der Waals surface area contributed by atoms with Gasteiger partial charge in [-0.25, -0.2) is 0 Å². The standard InChI is InChI=1S/C25H27N3O4/c1-18(30)5-2-9-23(31)27-21-12-10-19(11-13-21)17-24(32)28(15-16-29)22-8-3-6-20-7-4-14-26-25(20)22/h3-4,6-8,10-14,29H,2,5,9,15-17H2,1H3,(H,27,31). The van der Waals surface area contributed by atoms with Crippen molar-refractivity contribution >= 4 is 39.9 Å². The van der Waals surface area contributed by atoms with E-state index in [2.05, 4.69) is 10.3 Å². The summed E-state index contributed by atoms with van der Waals surface area (Å²) >= 11 is 0. The van der Waals surface area contributed by atoms with Crippen molar-refractivity contribution in [1.29, 1.82) is 0 Å². The molecule has 1 aromatic heterocycles. The zero-order valence-electron chi connectivity index (χ0n) is 18.1. The van der Waals surface area contributed by atoms with Gasteiger partial charge in [0, 0.05) is 36.7 Å². The molecule has 0 unspecified atom stereocenters. The third kappa shape index (κ3) is 6.21. The molecule has 2 N–H and O–H groups in total. The number of nitrogens with one attached hydrogen (secondary N) is 1. The fraction of sp³-hybridized carbons (Fsp3) is 0.280. The van der Waals surface area contributed by atoms with Gasteiger partial charge in [-0.3, -0.25) is 14.6 Å². The van der Waals surface area contributed by atoms with Crippen molar-refractivity contribution in [3.05, 3.63) is 66.4 Å². The van der Waals surface area contributed by atoms with Crippen LogP contribution in [0.1, 0.15) is 31.7 Å². The molecule has 1 heterocycles. The van der Waals surface area contributed by atoms with E-state index in [1.54, 1.807) is 35.4 Å². The molecular formula is C25H27N3O4. The number of Topliss-reactive ketones (excluding diaryl/α,β-unsaturated/α-hetero) is 1. The first-order valence-corrected chi connectivity index (χ1v) is 10.6. The number of nitrogens with zero attached hydrogens (tertiary/aromatic N) is 2. The maximum absolute atomic E-state index is 13.1. The molecule has 0 bridgehead atoms. The minimum absolute atomic E-state index is 0.0707. The summed E-state index contributed by atoms with van der Waals surface area (Å²) in [6.07, 6.45) is 3.04. The molecule has 0 aliphatic carbocycles. The number of carbonyl (C=O) groups excluding carboxylic acids is 3. The number of aliphatic hydroxyl groups excluding tert-OH is 1. The van der Waals surface area contributed by atoms with E-state index < -0.39 is 0 Å². The molecule has 0 spiro atoms. The van der Waals surface area contributed by atoms with E-state index in [-0.39, 0.29) is 43.6 Å². The number of fused-ring (bicyclic) bond motifs is 1. The highest BCUT2D eigenvalue weighted by molar-refractivity contribution is 6.02. The molecule has 0 aliphatic rings. The minimum Gasteiger partial charge on any atom is -0.395 e. The molecule has 166 valence electrons. The molecule has 7 nitrogen and oxygen atoms in total. The molecule has 3 rings (SSSR count). The van der Waals surface area contributed by atoms with Crippen LogP contribution < -0.4 is 10.2 Å². The summed E-state index contributed by atoms with van der Waals surface area (Å²) in [5, 5.41) is 13.2. The Hall–Kier alpha value is -3.58. The lowest BCUT2D eigenvalue weighted by molar-refractivity contribution is -0.119. The molecule has 0 atom stereocenters. The fourth-order valence-electron chi connectivity index (χ4n) is 3.48. The van der Waals surface area contributed by atoms with E-state index >= 15 is 0 Å². The second-order valence-corrected chi connectivity index (χ2v) is 7.60. The first-order chi connectivity index (χ1) is 15.5. The van der Waals surface area contributed by atoms with E-state index in [9.17, 15) is 19.5 Å². The molecule has 0 aliphatic heterocycles. The molecule has 3 aromatic rings. The van der Waals surface area contributed by atoms with Crippen molar-refractivity contribution in [3.8, 4) is 0 Å². The van der Waals surface area contributed by atoms with E-state index in [0.717, 1.165) is 10.9 Å². The Bertz CT molecular complexity index is 1090. The number of rotatable bonds is 10. The smallest absolute Gasteiger partial charge is 0.231 e. The summed E-state index contributed by atoms with van der Waals surface area (Å²) < 4.78 is 0. The number of hydrogen-bond donors (Lipinski definition) is 2. The molecule has 2 amide bonds. The predicted molar refractivity (Wildman–Crippen MR) is 124 cm³/mol. The molecule has 0 saturated heterocycles. The first kappa shape index (κ1) is 23.1. The van der Waals surface area contributed by atoms with Gasteiger partial charge in [0.2, 0.25) is 11.8 Å². The summed E-state index contributed by atoms with van der Waals surface area (Å²) in [7, 11) is 0. The average molecular weight is 434 g/mol. The number of carbonyl (C=O) groups is 3. The topological polar surface area (TPSA) is 99.6 Å². The van der Waals surface area contributed by atoms with Gasteiger partial charge in [0.15, 0.2) is 0 Å². The van der Waals surface area contributed by atoms with Gasteiger partial charge < -0.3 is 20.1 Å². The third-order valence-electron chi connectivity index (χ3n) is 5.05. The number of aliphatic hydroxyl groups is 1. The van der Waals surface area contributed by atoms with Crippen molar-refractivity contribution in [3.63, 3.8) is 0 Å². The van der Waals surface area contributed by atoms with Crippen LogP contribution in [0.2, 0.25) is 0 Å². The largest absolute Gasteiger partial charge is 0.395 e. The Kier molecular flexibility index (Phi) is 8.05. The lowest BCUT2D eigenvalue weighted by Gasteiger charge is -2.23. The summed E-state index contributed by atoms with van der Waals surface area (Å²) in [6, 6.07) is 16.5. The Morgan fingerprint density at radius 1 is 1.00 bits per heavy atom. The lowest BCUT2D eigenvalue weighted by atomic mass is 10.1. The highest BCUT2D eigenvalue weighted by atomic mass is 16.3. The highest BCUT2D eigenvalue weighted by Gasteiger charge is 2.18. The van der Waals surface area contributed by atoms with Crippen LogP contribution in [0.3, 0.4) is 0 Å². The number of para-hydroxylation sites is 1. The molecular weight excluding hydrogens is 406 g/mol. The van der Waals surface area contributed by atoms with Crippen molar-refractivity contribution in [2.24, 2.45) is 0 Å². The van der Waals surface area contributed by atoms with E-state index in [4.69, 9.17) is 0 Å². The van der Waals surface area contributed by atoms with Crippen molar-refractivity contribution in [1.82, 2.24) is 4.98 Å². The van der Waals surface area contributed by atoms with Gasteiger partial charge in [-0.15, -0.1) is 0 Å². The molecule has 2 aromatic carbocycles. The summed E-state index contributed by atoms with van der Waals surface area (Å²) in [5.74, 6) is -0.229. The van der Waals surface area contributed by atoms with E-state index in [1.165, 1.54) is 6.92 Å². The molecule has 0 saturated carbocycles. The average Bonchev–Trinajstić information content (AvgIpc) is 2.78. The van der Waals surface area contributed by atoms with Crippen LogP contribution in [0.25, 0.3) is 10.9 Å². The third-order valence-corrected chi connectivity index (χ3v) is 5.05. The van der Waals surface area contributed by atoms with Crippen molar-refractivity contribution in [2.75, 3.05) is 23.4 Å². The van der Waals surface area contributed by atoms with Crippen LogP contribution in [0.15, 0.2) is 60.8 Å². The quantitative estimate of drug-likeness (QED) is 0.510. The predicted octanol–water partition coefficient (Wildman–Crippen LogP) is 3.50. The number of aromatic nitrogens is 1. The summed E-state index contributed by atoms with van der Waals surface area (Å²) in [6.45, 7) is 1.52. The molecule has 0 fully saturated rings. The number of amides is 2. The Labute approximate surface area is 187 Å². The van der Waals surface area contributed by atoms with Gasteiger partial charge in [-0.05, 0) is 43.2 Å². The number of ketones is 1. The molecule has 7 heteroatoms. The summed E-state index contributed by atoms with van der Waals surface area (Å²) in [4.78, 5) is 42.0. The van der Waals surface area contributed by atoms with Gasteiger partial charge in [0.25, 0.3) is 0 Å². The lowest BCUT2D eigenvalue weighted by Crippen LogP contribution is -2.35. The van der Waals surface area contributed by atoms with Crippen molar-refractivity contribution < 1.29 is 19.5 Å².